The fourth-order valence-corrected chi connectivity index (χ4v) is 3.42. The van der Waals surface area contributed by atoms with Gasteiger partial charge in [-0.3, -0.25) is 11.3 Å². The predicted molar refractivity (Wildman–Crippen MR) is 85.1 cm³/mol. The van der Waals surface area contributed by atoms with Crippen molar-refractivity contribution in [2.75, 3.05) is 13.2 Å². The third-order valence-electron chi connectivity index (χ3n) is 3.44. The van der Waals surface area contributed by atoms with Crippen LogP contribution in [0.5, 0.6) is 0 Å². The third-order valence-corrected chi connectivity index (χ3v) is 4.84. The Labute approximate surface area is 130 Å². The van der Waals surface area contributed by atoms with Crippen LogP contribution in [-0.4, -0.2) is 13.2 Å². The van der Waals surface area contributed by atoms with Crippen molar-refractivity contribution in [3.8, 4) is 0 Å². The van der Waals surface area contributed by atoms with E-state index in [1.165, 1.54) is 9.13 Å². The molecule has 1 aliphatic rings. The van der Waals surface area contributed by atoms with Gasteiger partial charge in [0.1, 0.15) is 0 Å². The van der Waals surface area contributed by atoms with Gasteiger partial charge in [-0.15, -0.1) is 0 Å². The number of hydrazine groups is 1. The zero-order chi connectivity index (χ0) is 13.0. The molecule has 1 aromatic carbocycles. The highest BCUT2D eigenvalue weighted by molar-refractivity contribution is 14.1. The van der Waals surface area contributed by atoms with E-state index in [1.807, 2.05) is 0 Å². The number of benzene rings is 1. The van der Waals surface area contributed by atoms with Crippen molar-refractivity contribution in [1.82, 2.24) is 5.43 Å². The van der Waals surface area contributed by atoms with E-state index in [1.54, 1.807) is 0 Å². The summed E-state index contributed by atoms with van der Waals surface area (Å²) in [5, 5.41) is 0. The van der Waals surface area contributed by atoms with Gasteiger partial charge in [-0.05, 0) is 71.5 Å². The number of rotatable bonds is 4. The molecule has 3 nitrogen and oxygen atoms in total. The molecule has 0 bridgehead atoms. The van der Waals surface area contributed by atoms with E-state index in [-0.39, 0.29) is 6.04 Å². The highest BCUT2D eigenvalue weighted by Crippen LogP contribution is 2.32. The molecule has 1 heterocycles. The minimum Gasteiger partial charge on any atom is -0.381 e. The lowest BCUT2D eigenvalue weighted by atomic mass is 9.90. The summed E-state index contributed by atoms with van der Waals surface area (Å²) < 4.78 is 7.76. The Bertz CT molecular complexity index is 397. The molecule has 18 heavy (non-hydrogen) atoms. The van der Waals surface area contributed by atoms with Crippen molar-refractivity contribution in [3.05, 3.63) is 31.8 Å². The molecule has 2 rings (SSSR count). The van der Waals surface area contributed by atoms with E-state index in [2.05, 4.69) is 62.1 Å². The maximum atomic E-state index is 5.74. The van der Waals surface area contributed by atoms with Crippen LogP contribution in [0.15, 0.2) is 22.7 Å². The van der Waals surface area contributed by atoms with Crippen LogP contribution in [0.25, 0.3) is 0 Å². The quantitative estimate of drug-likeness (QED) is 0.442. The van der Waals surface area contributed by atoms with E-state index < -0.39 is 0 Å². The molecular weight excluding hydrogens is 407 g/mol. The van der Waals surface area contributed by atoms with Crippen molar-refractivity contribution in [3.63, 3.8) is 0 Å². The molecular formula is C13H18BrIN2O. The Morgan fingerprint density at radius 2 is 2.17 bits per heavy atom. The first-order valence-electron chi connectivity index (χ1n) is 6.19. The summed E-state index contributed by atoms with van der Waals surface area (Å²) in [5.74, 6) is 6.44. The largest absolute Gasteiger partial charge is 0.381 e. The number of hydrogen-bond donors (Lipinski definition) is 2. The van der Waals surface area contributed by atoms with Crippen LogP contribution in [0.4, 0.5) is 0 Å². The highest BCUT2D eigenvalue weighted by atomic mass is 127. The van der Waals surface area contributed by atoms with Gasteiger partial charge in [-0.2, -0.15) is 0 Å². The van der Waals surface area contributed by atoms with Gasteiger partial charge in [-0.1, -0.05) is 15.9 Å². The van der Waals surface area contributed by atoms with Gasteiger partial charge < -0.3 is 4.74 Å². The highest BCUT2D eigenvalue weighted by Gasteiger charge is 2.21. The molecule has 1 atom stereocenters. The standard InChI is InChI=1S/C13H18BrIN2O/c14-12-2-1-10(15)8-11(12)13(17-16)7-9-3-5-18-6-4-9/h1-2,8-9,13,17H,3-7,16H2. The second-order valence-electron chi connectivity index (χ2n) is 4.68. The monoisotopic (exact) mass is 424 g/mol. The fourth-order valence-electron chi connectivity index (χ4n) is 2.38. The molecule has 1 saturated heterocycles. The lowest BCUT2D eigenvalue weighted by Gasteiger charge is -2.27. The number of nitrogens with two attached hydrogens (primary N) is 1. The third kappa shape index (κ3) is 3.90. The summed E-state index contributed by atoms with van der Waals surface area (Å²) in [7, 11) is 0. The molecule has 1 fully saturated rings. The maximum absolute atomic E-state index is 5.74. The van der Waals surface area contributed by atoms with E-state index in [0.29, 0.717) is 5.92 Å². The Kier molecular flexibility index (Phi) is 5.88. The van der Waals surface area contributed by atoms with Gasteiger partial charge in [0, 0.05) is 27.3 Å². The van der Waals surface area contributed by atoms with Crippen molar-refractivity contribution >= 4 is 38.5 Å². The van der Waals surface area contributed by atoms with Crippen LogP contribution in [0, 0.1) is 9.49 Å². The second kappa shape index (κ2) is 7.19. The van der Waals surface area contributed by atoms with Crippen LogP contribution in [0.2, 0.25) is 0 Å². The smallest absolute Gasteiger partial charge is 0.0474 e. The lowest BCUT2D eigenvalue weighted by molar-refractivity contribution is 0.0605. The van der Waals surface area contributed by atoms with Gasteiger partial charge in [0.25, 0.3) is 0 Å². The number of nitrogens with one attached hydrogen (secondary N) is 1. The lowest BCUT2D eigenvalue weighted by Crippen LogP contribution is -2.31. The van der Waals surface area contributed by atoms with Gasteiger partial charge in [0.05, 0.1) is 0 Å². The van der Waals surface area contributed by atoms with Crippen LogP contribution in [0.3, 0.4) is 0 Å². The van der Waals surface area contributed by atoms with Crippen molar-refractivity contribution in [2.24, 2.45) is 11.8 Å². The van der Waals surface area contributed by atoms with Gasteiger partial charge in [0.15, 0.2) is 0 Å². The Hall–Kier alpha value is 0.310. The zero-order valence-corrected chi connectivity index (χ0v) is 13.9. The summed E-state index contributed by atoms with van der Waals surface area (Å²) in [6, 6.07) is 6.58. The fraction of sp³-hybridized carbons (Fsp3) is 0.538. The summed E-state index contributed by atoms with van der Waals surface area (Å²) in [6.45, 7) is 1.77. The first-order chi connectivity index (χ1) is 8.70. The number of ether oxygens (including phenoxy) is 1. The van der Waals surface area contributed by atoms with Gasteiger partial charge in [0.2, 0.25) is 0 Å². The van der Waals surface area contributed by atoms with E-state index >= 15 is 0 Å². The molecule has 0 aliphatic carbocycles. The Balaban J connectivity index is 2.09. The Morgan fingerprint density at radius 1 is 1.44 bits per heavy atom. The topological polar surface area (TPSA) is 47.3 Å². The molecule has 0 radical (unpaired) electrons. The van der Waals surface area contributed by atoms with Crippen LogP contribution >= 0.6 is 38.5 Å². The molecule has 5 heteroatoms. The first-order valence-corrected chi connectivity index (χ1v) is 8.06. The normalized spacial score (nSPS) is 18.8. The minimum absolute atomic E-state index is 0.206. The first kappa shape index (κ1) is 14.7. The minimum atomic E-state index is 0.206. The second-order valence-corrected chi connectivity index (χ2v) is 6.78. The molecule has 1 unspecified atom stereocenters. The van der Waals surface area contributed by atoms with E-state index in [0.717, 1.165) is 36.9 Å². The SMILES string of the molecule is NNC(CC1CCOCC1)c1cc(I)ccc1Br. The number of hydrogen-bond acceptors (Lipinski definition) is 3. The number of halogens is 2. The molecule has 100 valence electrons. The van der Waals surface area contributed by atoms with E-state index in [4.69, 9.17) is 10.6 Å². The van der Waals surface area contributed by atoms with Crippen LogP contribution < -0.4 is 11.3 Å². The summed E-state index contributed by atoms with van der Waals surface area (Å²) in [5.41, 5.74) is 4.21. The average molecular weight is 425 g/mol. The maximum Gasteiger partial charge on any atom is 0.0474 e. The van der Waals surface area contributed by atoms with Crippen LogP contribution in [-0.2, 0) is 4.74 Å². The molecule has 0 saturated carbocycles. The van der Waals surface area contributed by atoms with Gasteiger partial charge >= 0.3 is 0 Å². The molecule has 1 aliphatic heterocycles. The van der Waals surface area contributed by atoms with Crippen molar-refractivity contribution < 1.29 is 4.74 Å². The molecule has 0 aromatic heterocycles. The summed E-state index contributed by atoms with van der Waals surface area (Å²) in [4.78, 5) is 0. The Morgan fingerprint density at radius 3 is 2.83 bits per heavy atom. The van der Waals surface area contributed by atoms with E-state index in [9.17, 15) is 0 Å². The molecule has 0 spiro atoms. The van der Waals surface area contributed by atoms with Crippen LogP contribution in [0.1, 0.15) is 30.9 Å². The molecule has 0 amide bonds. The summed E-state index contributed by atoms with van der Waals surface area (Å²) in [6.07, 6.45) is 3.35. The zero-order valence-electron chi connectivity index (χ0n) is 10.2. The predicted octanol–water partition coefficient (Wildman–Crippen LogP) is 3.37. The molecule has 3 N–H and O–H groups in total. The van der Waals surface area contributed by atoms with Crippen molar-refractivity contribution in [2.45, 2.75) is 25.3 Å². The molecule has 1 aromatic rings. The summed E-state index contributed by atoms with van der Waals surface area (Å²) >= 11 is 5.95. The van der Waals surface area contributed by atoms with Gasteiger partial charge in [-0.25, -0.2) is 0 Å². The average Bonchev–Trinajstić information content (AvgIpc) is 2.40. The van der Waals surface area contributed by atoms with Crippen molar-refractivity contribution in [1.29, 1.82) is 0 Å².